The summed E-state index contributed by atoms with van der Waals surface area (Å²) >= 11 is 6.08. The van der Waals surface area contributed by atoms with Gasteiger partial charge in [0.1, 0.15) is 0 Å². The number of aromatic nitrogens is 2. The van der Waals surface area contributed by atoms with Gasteiger partial charge in [0.15, 0.2) is 0 Å². The highest BCUT2D eigenvalue weighted by Crippen LogP contribution is 2.37. The molecule has 2 aromatic carbocycles. The molecule has 0 saturated carbocycles. The summed E-state index contributed by atoms with van der Waals surface area (Å²) in [6.45, 7) is 6.83. The van der Waals surface area contributed by atoms with Gasteiger partial charge in [0, 0.05) is 22.8 Å². The second-order valence-electron chi connectivity index (χ2n) is 8.06. The SMILES string of the molecule is CC1=C(c2nc(-c3ccccc3)no2)C(c2ccc(Cl)cc2)NC(=O)N1CCC(C)C. The first-order valence-electron chi connectivity index (χ1n) is 10.4. The average Bonchev–Trinajstić information content (AvgIpc) is 3.24. The first-order chi connectivity index (χ1) is 14.9. The Balaban J connectivity index is 1.78. The summed E-state index contributed by atoms with van der Waals surface area (Å²) in [5.41, 5.74) is 3.37. The number of hydrogen-bond acceptors (Lipinski definition) is 4. The van der Waals surface area contributed by atoms with Crippen LogP contribution in [0, 0.1) is 5.92 Å². The van der Waals surface area contributed by atoms with E-state index < -0.39 is 6.04 Å². The van der Waals surface area contributed by atoms with Crippen molar-refractivity contribution < 1.29 is 9.32 Å². The molecule has 0 fully saturated rings. The Morgan fingerprint density at radius 2 is 1.84 bits per heavy atom. The van der Waals surface area contributed by atoms with Crippen molar-refractivity contribution in [2.45, 2.75) is 33.2 Å². The van der Waals surface area contributed by atoms with Crippen LogP contribution in [0.3, 0.4) is 0 Å². The maximum Gasteiger partial charge on any atom is 0.322 e. The minimum absolute atomic E-state index is 0.135. The molecule has 1 unspecified atom stereocenters. The highest BCUT2D eigenvalue weighted by atomic mass is 35.5. The van der Waals surface area contributed by atoms with Crippen molar-refractivity contribution >= 4 is 23.2 Å². The predicted molar refractivity (Wildman–Crippen MR) is 121 cm³/mol. The van der Waals surface area contributed by atoms with Crippen LogP contribution in [-0.2, 0) is 0 Å². The number of carbonyl (C=O) groups is 1. The van der Waals surface area contributed by atoms with Gasteiger partial charge in [-0.25, -0.2) is 4.79 Å². The minimum Gasteiger partial charge on any atom is -0.334 e. The maximum absolute atomic E-state index is 13.0. The third kappa shape index (κ3) is 4.49. The largest absolute Gasteiger partial charge is 0.334 e. The molecule has 0 aliphatic carbocycles. The number of allylic oxidation sites excluding steroid dienone is 1. The fourth-order valence-corrected chi connectivity index (χ4v) is 3.78. The van der Waals surface area contributed by atoms with Crippen molar-refractivity contribution in [3.05, 3.63) is 76.8 Å². The molecule has 2 heterocycles. The molecule has 0 bridgehead atoms. The Morgan fingerprint density at radius 3 is 2.52 bits per heavy atom. The van der Waals surface area contributed by atoms with Crippen molar-refractivity contribution in [3.8, 4) is 11.4 Å². The van der Waals surface area contributed by atoms with Crippen molar-refractivity contribution in [1.82, 2.24) is 20.4 Å². The summed E-state index contributed by atoms with van der Waals surface area (Å²) in [4.78, 5) is 19.4. The standard InChI is InChI=1S/C24H25ClN4O2/c1-15(2)13-14-29-16(3)20(21(26-24(29)30)17-9-11-19(25)12-10-17)23-27-22(28-31-23)18-7-5-4-6-8-18/h4-12,15,21H,13-14H2,1-3H3,(H,26,30). The molecule has 1 aliphatic heterocycles. The van der Waals surface area contributed by atoms with E-state index in [9.17, 15) is 4.79 Å². The van der Waals surface area contributed by atoms with Crippen LogP contribution in [0.5, 0.6) is 0 Å². The molecule has 7 heteroatoms. The van der Waals surface area contributed by atoms with Crippen LogP contribution >= 0.6 is 11.6 Å². The zero-order chi connectivity index (χ0) is 22.0. The van der Waals surface area contributed by atoms with Crippen molar-refractivity contribution in [1.29, 1.82) is 0 Å². The average molecular weight is 437 g/mol. The fraction of sp³-hybridized carbons (Fsp3) is 0.292. The smallest absolute Gasteiger partial charge is 0.322 e. The van der Waals surface area contributed by atoms with E-state index in [0.29, 0.717) is 29.2 Å². The summed E-state index contributed by atoms with van der Waals surface area (Å²) in [5.74, 6) is 1.38. The van der Waals surface area contributed by atoms with E-state index in [1.165, 1.54) is 0 Å². The third-order valence-corrected chi connectivity index (χ3v) is 5.67. The van der Waals surface area contributed by atoms with Crippen LogP contribution in [0.15, 0.2) is 64.8 Å². The molecule has 0 spiro atoms. The summed E-state index contributed by atoms with van der Waals surface area (Å²) < 4.78 is 5.69. The first-order valence-corrected chi connectivity index (χ1v) is 10.8. The van der Waals surface area contributed by atoms with Crippen LogP contribution in [0.2, 0.25) is 5.02 Å². The predicted octanol–water partition coefficient (Wildman–Crippen LogP) is 5.93. The molecule has 6 nitrogen and oxygen atoms in total. The molecule has 0 radical (unpaired) electrons. The second kappa shape index (κ2) is 8.94. The Bertz CT molecular complexity index is 1090. The second-order valence-corrected chi connectivity index (χ2v) is 8.49. The molecule has 160 valence electrons. The molecule has 1 atom stereocenters. The molecule has 1 aliphatic rings. The van der Waals surface area contributed by atoms with E-state index in [1.807, 2.05) is 61.5 Å². The van der Waals surface area contributed by atoms with E-state index in [2.05, 4.69) is 29.3 Å². The van der Waals surface area contributed by atoms with Crippen LogP contribution in [0.1, 0.15) is 44.7 Å². The zero-order valence-electron chi connectivity index (χ0n) is 17.8. The van der Waals surface area contributed by atoms with E-state index in [4.69, 9.17) is 16.1 Å². The van der Waals surface area contributed by atoms with Crippen molar-refractivity contribution in [2.24, 2.45) is 5.92 Å². The van der Waals surface area contributed by atoms with Gasteiger partial charge in [-0.2, -0.15) is 4.98 Å². The third-order valence-electron chi connectivity index (χ3n) is 5.42. The zero-order valence-corrected chi connectivity index (χ0v) is 18.6. The quantitative estimate of drug-likeness (QED) is 0.519. The first kappa shape index (κ1) is 21.1. The molecule has 31 heavy (non-hydrogen) atoms. The summed E-state index contributed by atoms with van der Waals surface area (Å²) in [5, 5.41) is 7.93. The lowest BCUT2D eigenvalue weighted by Gasteiger charge is -2.35. The number of benzene rings is 2. The summed E-state index contributed by atoms with van der Waals surface area (Å²) in [6, 6.07) is 16.5. The highest BCUT2D eigenvalue weighted by Gasteiger charge is 2.35. The Kier molecular flexibility index (Phi) is 6.09. The van der Waals surface area contributed by atoms with Gasteiger partial charge in [-0.15, -0.1) is 0 Å². The van der Waals surface area contributed by atoms with E-state index in [-0.39, 0.29) is 6.03 Å². The van der Waals surface area contributed by atoms with Gasteiger partial charge >= 0.3 is 6.03 Å². The number of rotatable bonds is 6. The van der Waals surface area contributed by atoms with Gasteiger partial charge in [-0.1, -0.05) is 73.1 Å². The van der Waals surface area contributed by atoms with E-state index >= 15 is 0 Å². The number of nitrogens with one attached hydrogen (secondary N) is 1. The number of hydrogen-bond donors (Lipinski definition) is 1. The number of amides is 2. The van der Waals surface area contributed by atoms with Crippen LogP contribution in [-0.4, -0.2) is 27.6 Å². The van der Waals surface area contributed by atoms with Crippen molar-refractivity contribution in [2.75, 3.05) is 6.54 Å². The van der Waals surface area contributed by atoms with Gasteiger partial charge in [0.05, 0.1) is 11.6 Å². The number of halogens is 1. The lowest BCUT2D eigenvalue weighted by Crippen LogP contribution is -2.46. The molecular weight excluding hydrogens is 412 g/mol. The topological polar surface area (TPSA) is 71.3 Å². The monoisotopic (exact) mass is 436 g/mol. The van der Waals surface area contributed by atoms with E-state index in [0.717, 1.165) is 28.8 Å². The van der Waals surface area contributed by atoms with E-state index in [1.54, 1.807) is 4.90 Å². The lowest BCUT2D eigenvalue weighted by atomic mass is 9.94. The Hall–Kier alpha value is -3.12. The number of carbonyl (C=O) groups excluding carboxylic acids is 1. The molecule has 2 amide bonds. The van der Waals surface area contributed by atoms with Gasteiger partial charge in [0.2, 0.25) is 5.82 Å². The number of urea groups is 1. The van der Waals surface area contributed by atoms with Gasteiger partial charge in [-0.05, 0) is 37.0 Å². The van der Waals surface area contributed by atoms with Crippen LogP contribution < -0.4 is 5.32 Å². The molecule has 4 rings (SSSR count). The molecular formula is C24H25ClN4O2. The molecule has 1 N–H and O–H groups in total. The minimum atomic E-state index is -0.413. The summed E-state index contributed by atoms with van der Waals surface area (Å²) in [6.07, 6.45) is 0.892. The Morgan fingerprint density at radius 1 is 1.13 bits per heavy atom. The number of nitrogens with zero attached hydrogens (tertiary/aromatic N) is 3. The van der Waals surface area contributed by atoms with Gasteiger partial charge < -0.3 is 9.84 Å². The van der Waals surface area contributed by atoms with Gasteiger partial charge in [-0.3, -0.25) is 4.90 Å². The lowest BCUT2D eigenvalue weighted by molar-refractivity contribution is 0.202. The highest BCUT2D eigenvalue weighted by molar-refractivity contribution is 6.30. The normalized spacial score (nSPS) is 16.7. The van der Waals surface area contributed by atoms with Gasteiger partial charge in [0.25, 0.3) is 5.89 Å². The van der Waals surface area contributed by atoms with Crippen molar-refractivity contribution in [3.63, 3.8) is 0 Å². The fourth-order valence-electron chi connectivity index (χ4n) is 3.66. The Labute approximate surface area is 186 Å². The van der Waals surface area contributed by atoms with Crippen LogP contribution in [0.4, 0.5) is 4.79 Å². The molecule has 3 aromatic rings. The maximum atomic E-state index is 13.0. The van der Waals surface area contributed by atoms with Crippen LogP contribution in [0.25, 0.3) is 17.0 Å². The molecule has 0 saturated heterocycles. The molecule has 1 aromatic heterocycles. The summed E-state index contributed by atoms with van der Waals surface area (Å²) in [7, 11) is 0.